The molecular weight excluding hydrogens is 786 g/mol. The average Bonchev–Trinajstić information content (AvgIpc) is 3.79. The minimum Gasteiger partial charge on any atom is -0.378 e. The van der Waals surface area contributed by atoms with E-state index in [1.165, 1.54) is 11.1 Å². The molecule has 1 atom stereocenters. The van der Waals surface area contributed by atoms with E-state index in [2.05, 4.69) is 158 Å². The number of para-hydroxylation sites is 3. The summed E-state index contributed by atoms with van der Waals surface area (Å²) in [5.41, 5.74) is 12.1. The summed E-state index contributed by atoms with van der Waals surface area (Å²) in [6.07, 6.45) is 11.0. The quantitative estimate of drug-likeness (QED) is 0.137. The van der Waals surface area contributed by atoms with Gasteiger partial charge in [-0.15, -0.1) is 17.7 Å². The molecule has 0 N–H and O–H groups in total. The van der Waals surface area contributed by atoms with Crippen LogP contribution in [0.2, 0.25) is 0 Å². The number of anilines is 1. The van der Waals surface area contributed by atoms with Crippen molar-refractivity contribution in [1.29, 1.82) is 0 Å². The number of aliphatic imine (C=N–C) groups is 1. The first-order valence-corrected chi connectivity index (χ1v) is 16.1. The van der Waals surface area contributed by atoms with E-state index in [0.717, 1.165) is 61.6 Å². The van der Waals surface area contributed by atoms with Crippen LogP contribution in [-0.4, -0.2) is 60.7 Å². The van der Waals surface area contributed by atoms with Crippen LogP contribution >= 0.6 is 0 Å². The van der Waals surface area contributed by atoms with Crippen molar-refractivity contribution < 1.29 is 30.2 Å². The van der Waals surface area contributed by atoms with Gasteiger partial charge in [0.15, 0.2) is 6.17 Å². The van der Waals surface area contributed by atoms with Gasteiger partial charge >= 0.3 is 21.1 Å². The molecule has 49 heavy (non-hydrogen) atoms. The Hall–Kier alpha value is -5.39. The van der Waals surface area contributed by atoms with Crippen molar-refractivity contribution in [3.63, 3.8) is 0 Å². The largest absolute Gasteiger partial charge is 4.00 e. The van der Waals surface area contributed by atoms with Crippen molar-refractivity contribution in [1.82, 2.24) is 14.0 Å². The van der Waals surface area contributed by atoms with Gasteiger partial charge in [-0.3, -0.25) is 4.58 Å². The molecule has 0 fully saturated rings. The van der Waals surface area contributed by atoms with Crippen LogP contribution in [0.4, 0.5) is 5.69 Å². The smallest absolute Gasteiger partial charge is 0.378 e. The van der Waals surface area contributed by atoms with E-state index in [1.807, 2.05) is 31.6 Å². The molecule has 0 spiro atoms. The maximum atomic E-state index is 5.12. The molecule has 0 saturated carbocycles. The number of imidazole rings is 2. The standard InChI is InChI=1S/C41H29N7.Pt/c1-41(2)23-38-31-15-7-6-13-29(31)28-12-4-5-14-30(28)32-21-20-27(22-37(32)45(38)26-46(41)39-24-42-25-44(39)3)47-35-18-10-11-19-36(35)48-34-17-9-8-16-33(34)43-40(47)48;/h4-17,19-21,23,25,39H,1-3H3;/q-2;+4. The van der Waals surface area contributed by atoms with Crippen LogP contribution in [-0.2, 0) is 21.1 Å². The van der Waals surface area contributed by atoms with Crippen molar-refractivity contribution in [2.24, 2.45) is 4.99 Å². The van der Waals surface area contributed by atoms with E-state index < -0.39 is 5.54 Å². The Morgan fingerprint density at radius 1 is 0.776 bits per heavy atom. The summed E-state index contributed by atoms with van der Waals surface area (Å²) < 4.78 is 8.64. The third-order valence-electron chi connectivity index (χ3n) is 9.72. The zero-order chi connectivity index (χ0) is 32.1. The summed E-state index contributed by atoms with van der Waals surface area (Å²) in [5.74, 6) is 0.820. The summed E-state index contributed by atoms with van der Waals surface area (Å²) in [6.45, 7) is 4.44. The van der Waals surface area contributed by atoms with E-state index in [-0.39, 0.29) is 27.2 Å². The van der Waals surface area contributed by atoms with Crippen molar-refractivity contribution in [3.05, 3.63) is 127 Å². The van der Waals surface area contributed by atoms with Crippen molar-refractivity contribution >= 4 is 58.1 Å². The number of hydrogen-bond acceptors (Lipinski definition) is 3. The zero-order valence-corrected chi connectivity index (χ0v) is 29.3. The van der Waals surface area contributed by atoms with Crippen molar-refractivity contribution in [3.8, 4) is 27.9 Å². The molecule has 0 aliphatic carbocycles. The number of benzene rings is 5. The van der Waals surface area contributed by atoms with Gasteiger partial charge in [-0.2, -0.15) is 30.3 Å². The minimum atomic E-state index is -0.400. The van der Waals surface area contributed by atoms with E-state index in [0.29, 0.717) is 0 Å². The predicted octanol–water partition coefficient (Wildman–Crippen LogP) is 7.19. The molecule has 0 amide bonds. The monoisotopic (exact) mass is 814 g/mol. The van der Waals surface area contributed by atoms with Gasteiger partial charge in [-0.05, 0) is 59.8 Å². The van der Waals surface area contributed by atoms with E-state index in [1.54, 1.807) is 0 Å². The molecule has 0 radical (unpaired) electrons. The summed E-state index contributed by atoms with van der Waals surface area (Å²) in [7, 11) is 2.02. The molecule has 7 nitrogen and oxygen atoms in total. The van der Waals surface area contributed by atoms with Gasteiger partial charge < -0.3 is 18.4 Å². The van der Waals surface area contributed by atoms with Crippen LogP contribution in [0.3, 0.4) is 0 Å². The summed E-state index contributed by atoms with van der Waals surface area (Å²) >= 11 is 0. The molecule has 5 heterocycles. The third-order valence-corrected chi connectivity index (χ3v) is 9.72. The SMILES string of the molecule is C[N+]1=CN=[C-]C1[N+]1=[C-]N2C(=CC1(C)C)c1ccccc1-c1ccccc1-c1ccc(-n3c4[c-]cccc4n4c5ccccc5nc34)[c-]c12.[Pt+4]. The normalized spacial score (nSPS) is 17.3. The fourth-order valence-corrected chi connectivity index (χ4v) is 7.48. The van der Waals surface area contributed by atoms with Crippen LogP contribution in [0.25, 0.3) is 61.5 Å². The van der Waals surface area contributed by atoms with Gasteiger partial charge in [0.2, 0.25) is 12.1 Å². The molecule has 0 saturated heterocycles. The number of nitrogens with zero attached hydrogens (tertiary/aromatic N) is 7. The zero-order valence-electron chi connectivity index (χ0n) is 27.0. The number of fused-ring (bicyclic) bond motifs is 13. The Morgan fingerprint density at radius 2 is 1.47 bits per heavy atom. The molecule has 3 aliphatic heterocycles. The molecule has 10 rings (SSSR count). The fourth-order valence-electron chi connectivity index (χ4n) is 7.48. The van der Waals surface area contributed by atoms with Gasteiger partial charge in [0.1, 0.15) is 11.9 Å². The fraction of sp³-hybridized carbons (Fsp3) is 0.122. The molecule has 0 bridgehead atoms. The van der Waals surface area contributed by atoms with Crippen LogP contribution in [0.1, 0.15) is 19.4 Å². The van der Waals surface area contributed by atoms with Gasteiger partial charge in [-0.25, -0.2) is 9.98 Å². The summed E-state index contributed by atoms with van der Waals surface area (Å²) in [5, 5.41) is 0. The molecule has 2 aromatic heterocycles. The maximum absolute atomic E-state index is 5.12. The molecule has 1 unspecified atom stereocenters. The molecule has 5 aromatic carbocycles. The van der Waals surface area contributed by atoms with Gasteiger partial charge in [0, 0.05) is 5.70 Å². The van der Waals surface area contributed by atoms with Crippen LogP contribution in [0.5, 0.6) is 0 Å². The van der Waals surface area contributed by atoms with Gasteiger partial charge in [0.25, 0.3) is 0 Å². The van der Waals surface area contributed by atoms with Crippen LogP contribution < -0.4 is 4.90 Å². The van der Waals surface area contributed by atoms with E-state index >= 15 is 0 Å². The number of rotatable bonds is 2. The Morgan fingerprint density at radius 3 is 2.24 bits per heavy atom. The third kappa shape index (κ3) is 4.25. The summed E-state index contributed by atoms with van der Waals surface area (Å²) in [4.78, 5) is 11.7. The first-order valence-electron chi connectivity index (χ1n) is 16.1. The molecule has 7 aromatic rings. The van der Waals surface area contributed by atoms with Gasteiger partial charge in [0.05, 0.1) is 24.3 Å². The number of hydrogen-bond donors (Lipinski definition) is 0. The second-order valence-electron chi connectivity index (χ2n) is 13.1. The maximum Gasteiger partial charge on any atom is 4.00 e. The van der Waals surface area contributed by atoms with Crippen molar-refractivity contribution in [2.75, 3.05) is 11.9 Å². The van der Waals surface area contributed by atoms with Gasteiger partial charge in [-0.1, -0.05) is 77.6 Å². The first kappa shape index (κ1) is 29.7. The van der Waals surface area contributed by atoms with Crippen LogP contribution in [0.15, 0.2) is 114 Å². The summed E-state index contributed by atoms with van der Waals surface area (Å²) in [6, 6.07) is 43.5. The second-order valence-corrected chi connectivity index (χ2v) is 13.1. The van der Waals surface area contributed by atoms with E-state index in [9.17, 15) is 0 Å². The molecule has 8 heteroatoms. The topological polar surface area (TPSA) is 43.8 Å². The van der Waals surface area contributed by atoms with Crippen molar-refractivity contribution in [2.45, 2.75) is 25.6 Å². The van der Waals surface area contributed by atoms with E-state index in [4.69, 9.17) is 4.98 Å². The molecule has 236 valence electrons. The molecular formula is C41H29N7Pt+2. The Labute approximate surface area is 298 Å². The minimum absolute atomic E-state index is 0. The predicted molar refractivity (Wildman–Crippen MR) is 191 cm³/mol. The average molecular weight is 815 g/mol. The Kier molecular flexibility index (Phi) is 6.56. The second kappa shape index (κ2) is 10.8. The number of aromatic nitrogens is 3. The Bertz CT molecular complexity index is 2630. The Balaban J connectivity index is 0.00000325. The van der Waals surface area contributed by atoms with Crippen LogP contribution in [0, 0.1) is 12.1 Å². The first-order chi connectivity index (χ1) is 23.5. The molecule has 3 aliphatic rings.